The van der Waals surface area contributed by atoms with Crippen molar-refractivity contribution in [3.8, 4) is 11.5 Å². The zero-order chi connectivity index (χ0) is 19.2. The number of carbonyl (C=O) groups excluding carboxylic acids is 2. The highest BCUT2D eigenvalue weighted by atomic mass is 35.5. The molecule has 0 aromatic heterocycles. The minimum Gasteiger partial charge on any atom is -0.505 e. The topological polar surface area (TPSA) is 89.6 Å². The molecule has 0 amide bonds. The van der Waals surface area contributed by atoms with Crippen molar-refractivity contribution in [2.75, 3.05) is 5.73 Å². The van der Waals surface area contributed by atoms with E-state index in [1.54, 1.807) is 0 Å². The summed E-state index contributed by atoms with van der Waals surface area (Å²) in [6, 6.07) is 7.20. The van der Waals surface area contributed by atoms with E-state index in [-0.39, 0.29) is 16.8 Å². The summed E-state index contributed by atoms with van der Waals surface area (Å²) in [4.78, 5) is 25.3. The average Bonchev–Trinajstić information content (AvgIpc) is 2.55. The number of ether oxygens (including phenoxy) is 1. The molecule has 0 fully saturated rings. The normalized spacial score (nSPS) is 14.5. The SMILES string of the molecule is Nc1ccc2c(c1O)C(=O)C(Cl)=C(c1ccccc1OC(F)(F)F)C2=O. The molecule has 3 N–H and O–H groups in total. The number of nitrogen functional groups attached to an aromatic ring is 1. The van der Waals surface area contributed by atoms with E-state index >= 15 is 0 Å². The number of benzene rings is 2. The number of allylic oxidation sites excluding steroid dienone is 2. The third kappa shape index (κ3) is 2.88. The van der Waals surface area contributed by atoms with Gasteiger partial charge in [-0.3, -0.25) is 9.59 Å². The molecule has 0 atom stereocenters. The molecular weight excluding hydrogens is 375 g/mol. The summed E-state index contributed by atoms with van der Waals surface area (Å²) in [6.07, 6.45) is -5.00. The zero-order valence-electron chi connectivity index (χ0n) is 12.7. The molecule has 0 heterocycles. The Labute approximate surface area is 149 Å². The summed E-state index contributed by atoms with van der Waals surface area (Å²) >= 11 is 5.98. The van der Waals surface area contributed by atoms with E-state index in [0.29, 0.717) is 0 Å². The first-order valence-corrected chi connectivity index (χ1v) is 7.45. The van der Waals surface area contributed by atoms with Gasteiger partial charge < -0.3 is 15.6 Å². The number of Topliss-reactive ketones (excluding diaryl/α,β-unsaturated/α-hetero) is 2. The van der Waals surface area contributed by atoms with Crippen LogP contribution in [0.5, 0.6) is 11.5 Å². The van der Waals surface area contributed by atoms with Gasteiger partial charge in [0.05, 0.1) is 16.8 Å². The number of phenolic OH excluding ortho intramolecular Hbond substituents is 1. The predicted octanol–water partition coefficient (Wildman–Crippen LogP) is 3.90. The highest BCUT2D eigenvalue weighted by molar-refractivity contribution is 6.57. The van der Waals surface area contributed by atoms with E-state index in [0.717, 1.165) is 6.07 Å². The number of aromatic hydroxyl groups is 1. The molecule has 0 bridgehead atoms. The van der Waals surface area contributed by atoms with Gasteiger partial charge in [-0.1, -0.05) is 29.8 Å². The fraction of sp³-hybridized carbons (Fsp3) is 0.0588. The maximum absolute atomic E-state index is 12.8. The summed E-state index contributed by atoms with van der Waals surface area (Å²) in [6.45, 7) is 0. The standard InChI is InChI=1S/C17H9ClF3NO4/c18-13-11(7-3-1-2-4-10(7)26-17(19,20)21)14(23)8-5-6-9(22)15(24)12(8)16(13)25/h1-6,24H,22H2. The Hall–Kier alpha value is -3.00. The van der Waals surface area contributed by atoms with Crippen LogP contribution in [0.4, 0.5) is 18.9 Å². The van der Waals surface area contributed by atoms with Crippen molar-refractivity contribution in [1.29, 1.82) is 0 Å². The molecular formula is C17H9ClF3NO4. The molecule has 2 aromatic rings. The lowest BCUT2D eigenvalue weighted by atomic mass is 9.85. The van der Waals surface area contributed by atoms with Gasteiger partial charge in [-0.05, 0) is 18.2 Å². The summed E-state index contributed by atoms with van der Waals surface area (Å²) in [7, 11) is 0. The molecule has 3 rings (SSSR count). The van der Waals surface area contributed by atoms with E-state index in [1.807, 2.05) is 0 Å². The number of alkyl halides is 3. The molecule has 0 radical (unpaired) electrons. The average molecular weight is 384 g/mol. The number of phenols is 1. The van der Waals surface area contributed by atoms with Crippen molar-refractivity contribution in [3.63, 3.8) is 0 Å². The van der Waals surface area contributed by atoms with Crippen molar-refractivity contribution in [2.24, 2.45) is 0 Å². The van der Waals surface area contributed by atoms with Crippen LogP contribution in [0.2, 0.25) is 0 Å². The summed E-state index contributed by atoms with van der Waals surface area (Å²) in [5.41, 5.74) is 4.02. The summed E-state index contributed by atoms with van der Waals surface area (Å²) in [5.74, 6) is -3.06. The molecule has 9 heteroatoms. The second-order valence-corrected chi connectivity index (χ2v) is 5.70. The Morgan fingerprint density at radius 1 is 1.00 bits per heavy atom. The first-order valence-electron chi connectivity index (χ1n) is 7.07. The molecule has 2 aromatic carbocycles. The Balaban J connectivity index is 2.22. The second kappa shape index (κ2) is 6.06. The Morgan fingerprint density at radius 3 is 2.31 bits per heavy atom. The number of fused-ring (bicyclic) bond motifs is 1. The third-order valence-electron chi connectivity index (χ3n) is 3.71. The zero-order valence-corrected chi connectivity index (χ0v) is 13.5. The Bertz CT molecular complexity index is 982. The Morgan fingerprint density at radius 2 is 1.65 bits per heavy atom. The van der Waals surface area contributed by atoms with Gasteiger partial charge in [0.15, 0.2) is 5.78 Å². The van der Waals surface area contributed by atoms with Crippen molar-refractivity contribution < 1.29 is 32.6 Å². The van der Waals surface area contributed by atoms with Gasteiger partial charge in [-0.15, -0.1) is 13.2 Å². The number of hydrogen-bond acceptors (Lipinski definition) is 5. The monoisotopic (exact) mass is 383 g/mol. The number of nitrogens with two attached hydrogens (primary N) is 1. The maximum Gasteiger partial charge on any atom is 0.573 e. The van der Waals surface area contributed by atoms with Crippen LogP contribution in [0.1, 0.15) is 26.3 Å². The lowest BCUT2D eigenvalue weighted by molar-refractivity contribution is -0.274. The van der Waals surface area contributed by atoms with E-state index in [4.69, 9.17) is 17.3 Å². The van der Waals surface area contributed by atoms with Crippen LogP contribution in [0.3, 0.4) is 0 Å². The van der Waals surface area contributed by atoms with E-state index in [2.05, 4.69) is 4.74 Å². The van der Waals surface area contributed by atoms with Crippen LogP contribution in [-0.4, -0.2) is 23.0 Å². The summed E-state index contributed by atoms with van der Waals surface area (Å²) < 4.78 is 41.8. The molecule has 0 unspecified atom stereocenters. The Kier molecular flexibility index (Phi) is 4.15. The number of carbonyl (C=O) groups is 2. The van der Waals surface area contributed by atoms with Gasteiger partial charge in [0.1, 0.15) is 16.5 Å². The number of ketones is 2. The number of rotatable bonds is 2. The maximum atomic E-state index is 12.8. The van der Waals surface area contributed by atoms with Gasteiger partial charge in [0.2, 0.25) is 5.78 Å². The highest BCUT2D eigenvalue weighted by Crippen LogP contribution is 2.42. The van der Waals surface area contributed by atoms with Crippen LogP contribution < -0.4 is 10.5 Å². The number of para-hydroxylation sites is 1. The largest absolute Gasteiger partial charge is 0.573 e. The fourth-order valence-corrected chi connectivity index (χ4v) is 2.89. The fourth-order valence-electron chi connectivity index (χ4n) is 2.61. The number of anilines is 1. The molecule has 0 saturated heterocycles. The number of hydrogen-bond donors (Lipinski definition) is 2. The van der Waals surface area contributed by atoms with E-state index < -0.39 is 45.6 Å². The minimum atomic E-state index is -5.00. The molecule has 1 aliphatic rings. The molecule has 1 aliphatic carbocycles. The first-order chi connectivity index (χ1) is 12.1. The molecule has 0 aliphatic heterocycles. The van der Waals surface area contributed by atoms with Crippen LogP contribution in [0.15, 0.2) is 41.4 Å². The quantitative estimate of drug-likeness (QED) is 0.606. The van der Waals surface area contributed by atoms with E-state index in [9.17, 15) is 27.9 Å². The summed E-state index contributed by atoms with van der Waals surface area (Å²) in [5, 5.41) is 9.32. The predicted molar refractivity (Wildman–Crippen MR) is 87.1 cm³/mol. The van der Waals surface area contributed by atoms with Gasteiger partial charge in [0.25, 0.3) is 0 Å². The second-order valence-electron chi connectivity index (χ2n) is 5.32. The van der Waals surface area contributed by atoms with Crippen molar-refractivity contribution in [2.45, 2.75) is 6.36 Å². The first kappa shape index (κ1) is 17.8. The van der Waals surface area contributed by atoms with Crippen LogP contribution in [0.25, 0.3) is 5.57 Å². The molecule has 5 nitrogen and oxygen atoms in total. The molecule has 0 saturated carbocycles. The molecule has 0 spiro atoms. The minimum absolute atomic E-state index is 0.140. The molecule has 134 valence electrons. The lowest BCUT2D eigenvalue weighted by Gasteiger charge is -2.21. The van der Waals surface area contributed by atoms with Crippen molar-refractivity contribution in [3.05, 3.63) is 58.1 Å². The highest BCUT2D eigenvalue weighted by Gasteiger charge is 2.38. The van der Waals surface area contributed by atoms with Gasteiger partial charge >= 0.3 is 6.36 Å². The lowest BCUT2D eigenvalue weighted by Crippen LogP contribution is -2.22. The van der Waals surface area contributed by atoms with Gasteiger partial charge in [0, 0.05) is 11.1 Å². The van der Waals surface area contributed by atoms with Gasteiger partial charge in [-0.2, -0.15) is 0 Å². The third-order valence-corrected chi connectivity index (χ3v) is 4.07. The van der Waals surface area contributed by atoms with Crippen molar-refractivity contribution >= 4 is 34.4 Å². The van der Waals surface area contributed by atoms with E-state index in [1.165, 1.54) is 30.3 Å². The van der Waals surface area contributed by atoms with Crippen molar-refractivity contribution in [1.82, 2.24) is 0 Å². The smallest absolute Gasteiger partial charge is 0.505 e. The molecule has 26 heavy (non-hydrogen) atoms. The number of halogens is 4. The van der Waals surface area contributed by atoms with Crippen LogP contribution in [-0.2, 0) is 0 Å². The van der Waals surface area contributed by atoms with Crippen LogP contribution in [0, 0.1) is 0 Å². The van der Waals surface area contributed by atoms with Crippen LogP contribution >= 0.6 is 11.6 Å². The van der Waals surface area contributed by atoms with Gasteiger partial charge in [-0.25, -0.2) is 0 Å².